The minimum absolute atomic E-state index is 0. The van der Waals surface area contributed by atoms with Crippen molar-refractivity contribution >= 4 is 41.9 Å². The van der Waals surface area contributed by atoms with Crippen molar-refractivity contribution in [3.8, 4) is 0 Å². The number of carbonyl (C=O) groups is 4. The predicted octanol–water partition coefficient (Wildman–Crippen LogP) is 3.60. The third-order valence-corrected chi connectivity index (χ3v) is 6.87. The Bertz CT molecular complexity index is 1260. The number of nitrogens with two attached hydrogens (primary N) is 1. The summed E-state index contributed by atoms with van der Waals surface area (Å²) in [7, 11) is 0. The van der Waals surface area contributed by atoms with E-state index in [1.165, 1.54) is 4.90 Å². The summed E-state index contributed by atoms with van der Waals surface area (Å²) in [4.78, 5) is 55.0. The molecule has 4 N–H and O–H groups in total. The summed E-state index contributed by atoms with van der Waals surface area (Å²) in [5.41, 5.74) is 8.35. The van der Waals surface area contributed by atoms with E-state index in [0.29, 0.717) is 40.8 Å². The summed E-state index contributed by atoms with van der Waals surface area (Å²) >= 11 is 0. The maximum atomic E-state index is 13.4. The average molecular weight is 586 g/mol. The van der Waals surface area contributed by atoms with Gasteiger partial charge in [0.1, 0.15) is 12.4 Å². The second-order valence-corrected chi connectivity index (χ2v) is 9.92. The van der Waals surface area contributed by atoms with Crippen LogP contribution in [0.3, 0.4) is 0 Å². The molecule has 1 saturated heterocycles. The number of nitrogen functional groups attached to an aromatic ring is 1. The number of hydrogen-bond donors (Lipinski definition) is 3. The molecule has 0 aromatic heterocycles. The highest BCUT2D eigenvalue weighted by Crippen LogP contribution is 2.22. The van der Waals surface area contributed by atoms with Crippen LogP contribution in [0.2, 0.25) is 0 Å². The number of nitrogens with one attached hydrogen (secondary N) is 2. The zero-order valence-corrected chi connectivity index (χ0v) is 24.7. The number of amidine groups is 1. The lowest BCUT2D eigenvalue weighted by molar-refractivity contribution is -0.149. The number of nitrogens with zero attached hydrogens (tertiary/aromatic N) is 2. The van der Waals surface area contributed by atoms with Crippen LogP contribution in [0.1, 0.15) is 83.0 Å². The van der Waals surface area contributed by atoms with Crippen LogP contribution in [-0.2, 0) is 14.3 Å². The maximum absolute atomic E-state index is 13.4. The molecule has 0 bridgehead atoms. The normalized spacial score (nSPS) is 13.1. The van der Waals surface area contributed by atoms with E-state index < -0.39 is 17.9 Å². The molecule has 1 aliphatic rings. The lowest BCUT2D eigenvalue weighted by Gasteiger charge is -2.25. The number of carbonyl (C=O) groups excluding carboxylic acids is 4. The average Bonchev–Trinajstić information content (AvgIpc) is 3.47. The molecule has 1 atom stereocenters. The SMILES string of the molecule is CCCN(CC(=O)OCC)C(=O)CC(NC(=O)c1ccc(C(=O)N2CCCC2)c(C)c1)c1cccc(C(=N)N)c1.Cl. The van der Waals surface area contributed by atoms with Gasteiger partial charge in [-0.05, 0) is 68.5 Å². The highest BCUT2D eigenvalue weighted by molar-refractivity contribution is 5.99. The number of ether oxygens (including phenoxy) is 1. The molecule has 10 nitrogen and oxygen atoms in total. The van der Waals surface area contributed by atoms with Gasteiger partial charge in [0.05, 0.1) is 19.1 Å². The Kier molecular flexibility index (Phi) is 12.8. The standard InChI is InChI=1S/C30H39N5O5.ClH/c1-4-13-35(19-27(37)40-5-2)26(36)18-25(21-9-8-10-22(17-21)28(31)32)33-29(38)23-11-12-24(20(3)16-23)30(39)34-14-6-7-15-34;/h8-12,16-17,25H,4-7,13-15,18-19H2,1-3H3,(H3,31,32)(H,33,38);1H. The second-order valence-electron chi connectivity index (χ2n) is 9.92. The van der Waals surface area contributed by atoms with E-state index in [1.54, 1.807) is 56.3 Å². The molecule has 41 heavy (non-hydrogen) atoms. The van der Waals surface area contributed by atoms with Gasteiger partial charge >= 0.3 is 5.97 Å². The molecule has 3 rings (SSSR count). The molecule has 2 aromatic carbocycles. The summed E-state index contributed by atoms with van der Waals surface area (Å²) in [6.07, 6.45) is 2.51. The van der Waals surface area contributed by atoms with Gasteiger partial charge < -0.3 is 25.6 Å². The monoisotopic (exact) mass is 585 g/mol. The molecule has 0 radical (unpaired) electrons. The Morgan fingerprint density at radius 2 is 1.78 bits per heavy atom. The van der Waals surface area contributed by atoms with Gasteiger partial charge in [-0.15, -0.1) is 12.4 Å². The van der Waals surface area contributed by atoms with Crippen LogP contribution in [0.4, 0.5) is 0 Å². The van der Waals surface area contributed by atoms with Crippen LogP contribution in [0.5, 0.6) is 0 Å². The van der Waals surface area contributed by atoms with E-state index >= 15 is 0 Å². The van der Waals surface area contributed by atoms with E-state index in [2.05, 4.69) is 5.32 Å². The molecule has 1 unspecified atom stereocenters. The Hall–Kier alpha value is -3.92. The van der Waals surface area contributed by atoms with Crippen molar-refractivity contribution in [1.82, 2.24) is 15.1 Å². The van der Waals surface area contributed by atoms with Gasteiger partial charge in [-0.25, -0.2) is 0 Å². The van der Waals surface area contributed by atoms with Crippen molar-refractivity contribution in [3.63, 3.8) is 0 Å². The molecular formula is C30H40ClN5O5. The van der Waals surface area contributed by atoms with Gasteiger partial charge in [-0.3, -0.25) is 24.6 Å². The number of rotatable bonds is 12. The van der Waals surface area contributed by atoms with E-state index in [0.717, 1.165) is 25.9 Å². The van der Waals surface area contributed by atoms with Crippen molar-refractivity contribution in [2.75, 3.05) is 32.8 Å². The van der Waals surface area contributed by atoms with Crippen LogP contribution >= 0.6 is 12.4 Å². The lowest BCUT2D eigenvalue weighted by atomic mass is 9.98. The molecule has 222 valence electrons. The molecule has 1 heterocycles. The van der Waals surface area contributed by atoms with Gasteiger partial charge in [0.2, 0.25) is 5.91 Å². The Labute approximate surface area is 247 Å². The number of halogens is 1. The highest BCUT2D eigenvalue weighted by atomic mass is 35.5. The number of likely N-dealkylation sites (tertiary alicyclic amines) is 1. The summed E-state index contributed by atoms with van der Waals surface area (Å²) in [5.74, 6) is -1.41. The lowest BCUT2D eigenvalue weighted by Crippen LogP contribution is -2.40. The van der Waals surface area contributed by atoms with Gasteiger partial charge in [-0.1, -0.05) is 25.1 Å². The molecule has 2 aromatic rings. The number of hydrogen-bond acceptors (Lipinski definition) is 6. The fourth-order valence-corrected chi connectivity index (χ4v) is 4.78. The maximum Gasteiger partial charge on any atom is 0.325 e. The van der Waals surface area contributed by atoms with Crippen molar-refractivity contribution < 1.29 is 23.9 Å². The van der Waals surface area contributed by atoms with E-state index in [4.69, 9.17) is 15.9 Å². The highest BCUT2D eigenvalue weighted by Gasteiger charge is 2.26. The van der Waals surface area contributed by atoms with E-state index in [1.807, 2.05) is 11.8 Å². The number of esters is 1. The topological polar surface area (TPSA) is 146 Å². The molecule has 3 amide bonds. The second kappa shape index (κ2) is 15.8. The zero-order valence-electron chi connectivity index (χ0n) is 23.9. The van der Waals surface area contributed by atoms with Gasteiger partial charge in [0.25, 0.3) is 11.8 Å². The fraction of sp³-hybridized carbons (Fsp3) is 0.433. The van der Waals surface area contributed by atoms with E-state index in [-0.39, 0.29) is 49.6 Å². The van der Waals surface area contributed by atoms with Crippen LogP contribution in [0.15, 0.2) is 42.5 Å². The number of benzene rings is 2. The minimum Gasteiger partial charge on any atom is -0.465 e. The number of amides is 3. The molecule has 1 fully saturated rings. The minimum atomic E-state index is -0.757. The van der Waals surface area contributed by atoms with Crippen LogP contribution < -0.4 is 11.1 Å². The smallest absolute Gasteiger partial charge is 0.325 e. The summed E-state index contributed by atoms with van der Waals surface area (Å²) < 4.78 is 5.03. The van der Waals surface area contributed by atoms with Crippen molar-refractivity contribution in [2.24, 2.45) is 5.73 Å². The fourth-order valence-electron chi connectivity index (χ4n) is 4.78. The summed E-state index contributed by atoms with van der Waals surface area (Å²) in [6, 6.07) is 11.0. The van der Waals surface area contributed by atoms with Crippen LogP contribution in [0.25, 0.3) is 0 Å². The largest absolute Gasteiger partial charge is 0.465 e. The van der Waals surface area contributed by atoms with Crippen LogP contribution in [0, 0.1) is 12.3 Å². The molecule has 0 saturated carbocycles. The quantitative estimate of drug-likeness (QED) is 0.197. The first-order chi connectivity index (χ1) is 19.1. The molecule has 0 spiro atoms. The predicted molar refractivity (Wildman–Crippen MR) is 159 cm³/mol. The first-order valence-corrected chi connectivity index (χ1v) is 13.7. The van der Waals surface area contributed by atoms with Crippen molar-refractivity contribution in [1.29, 1.82) is 5.41 Å². The van der Waals surface area contributed by atoms with Crippen LogP contribution in [-0.4, -0.2) is 72.1 Å². The Balaban J connectivity index is 0.00000588. The third-order valence-electron chi connectivity index (χ3n) is 6.87. The van der Waals surface area contributed by atoms with Gasteiger partial charge in [0.15, 0.2) is 0 Å². The number of aryl methyl sites for hydroxylation is 1. The zero-order chi connectivity index (χ0) is 29.2. The van der Waals surface area contributed by atoms with E-state index in [9.17, 15) is 19.2 Å². The third kappa shape index (κ3) is 9.04. The first-order valence-electron chi connectivity index (χ1n) is 13.7. The molecule has 11 heteroatoms. The molecule has 0 aliphatic carbocycles. The van der Waals surface area contributed by atoms with Gasteiger partial charge in [0, 0.05) is 36.3 Å². The Morgan fingerprint density at radius 3 is 2.39 bits per heavy atom. The summed E-state index contributed by atoms with van der Waals surface area (Å²) in [6.45, 7) is 7.27. The van der Waals surface area contributed by atoms with Crippen molar-refractivity contribution in [3.05, 3.63) is 70.3 Å². The van der Waals surface area contributed by atoms with Gasteiger partial charge in [-0.2, -0.15) is 0 Å². The molecule has 1 aliphatic heterocycles. The first kappa shape index (κ1) is 33.3. The molecular weight excluding hydrogens is 546 g/mol. The Morgan fingerprint density at radius 1 is 1.07 bits per heavy atom. The summed E-state index contributed by atoms with van der Waals surface area (Å²) in [5, 5.41) is 10.7. The van der Waals surface area contributed by atoms with Crippen molar-refractivity contribution in [2.45, 2.75) is 52.5 Å².